The van der Waals surface area contributed by atoms with E-state index in [-0.39, 0.29) is 25.3 Å². The van der Waals surface area contributed by atoms with Crippen LogP contribution in [0.1, 0.15) is 11.1 Å². The van der Waals surface area contributed by atoms with Crippen molar-refractivity contribution >= 4 is 17.7 Å². The normalized spacial score (nSPS) is 11.5. The standard InChI is InChI=1S/C20H23N3O6/c24-13-12-22(11-10-15-4-2-1-3-5-15)20(27)21-18(19(25)26)14-16-6-8-17(9-7-16)23(28)29/h1-9,18,24H,10-14H2,(H,21,27)(H,25,26)/t18-/m0/s1. The van der Waals surface area contributed by atoms with Gasteiger partial charge in [0.1, 0.15) is 6.04 Å². The largest absolute Gasteiger partial charge is 0.480 e. The van der Waals surface area contributed by atoms with Crippen LogP contribution in [0.5, 0.6) is 0 Å². The summed E-state index contributed by atoms with van der Waals surface area (Å²) in [6, 6.07) is 13.2. The number of hydrogen-bond donors (Lipinski definition) is 3. The number of carbonyl (C=O) groups excluding carboxylic acids is 1. The van der Waals surface area contributed by atoms with Crippen molar-refractivity contribution in [1.29, 1.82) is 0 Å². The molecule has 2 amide bonds. The summed E-state index contributed by atoms with van der Waals surface area (Å²) in [6.07, 6.45) is 0.541. The van der Waals surface area contributed by atoms with E-state index in [0.717, 1.165) is 5.56 Å². The van der Waals surface area contributed by atoms with Gasteiger partial charge in [-0.25, -0.2) is 9.59 Å². The lowest BCUT2D eigenvalue weighted by molar-refractivity contribution is -0.384. The molecule has 1 atom stereocenters. The van der Waals surface area contributed by atoms with E-state index in [1.165, 1.54) is 29.2 Å². The summed E-state index contributed by atoms with van der Waals surface area (Å²) in [5, 5.41) is 31.9. The number of hydrogen-bond acceptors (Lipinski definition) is 5. The molecule has 0 aliphatic rings. The van der Waals surface area contributed by atoms with Crippen LogP contribution >= 0.6 is 0 Å². The number of aliphatic carboxylic acids is 1. The van der Waals surface area contributed by atoms with Crippen LogP contribution in [0.3, 0.4) is 0 Å². The smallest absolute Gasteiger partial charge is 0.326 e. The number of carbonyl (C=O) groups is 2. The van der Waals surface area contributed by atoms with Gasteiger partial charge in [-0.15, -0.1) is 0 Å². The van der Waals surface area contributed by atoms with Crippen LogP contribution < -0.4 is 5.32 Å². The molecule has 2 aromatic rings. The molecule has 3 N–H and O–H groups in total. The number of nitro benzene ring substituents is 1. The summed E-state index contributed by atoms with van der Waals surface area (Å²) in [4.78, 5) is 35.7. The number of rotatable bonds is 10. The van der Waals surface area contributed by atoms with Gasteiger partial charge in [0.25, 0.3) is 5.69 Å². The van der Waals surface area contributed by atoms with Crippen LogP contribution in [-0.2, 0) is 17.6 Å². The summed E-state index contributed by atoms with van der Waals surface area (Å²) in [6.45, 7) is 0.144. The summed E-state index contributed by atoms with van der Waals surface area (Å²) in [5.74, 6) is -1.22. The van der Waals surface area contributed by atoms with Crippen molar-refractivity contribution in [3.8, 4) is 0 Å². The third-order valence-corrected chi connectivity index (χ3v) is 4.35. The molecule has 0 aromatic heterocycles. The maximum atomic E-state index is 12.6. The van der Waals surface area contributed by atoms with Gasteiger partial charge in [-0.05, 0) is 17.5 Å². The number of nitrogens with one attached hydrogen (secondary N) is 1. The van der Waals surface area contributed by atoms with Crippen molar-refractivity contribution in [3.63, 3.8) is 0 Å². The molecule has 0 fully saturated rings. The highest BCUT2D eigenvalue weighted by Crippen LogP contribution is 2.13. The first-order chi connectivity index (χ1) is 13.9. The lowest BCUT2D eigenvalue weighted by Crippen LogP contribution is -2.50. The van der Waals surface area contributed by atoms with E-state index in [1.54, 1.807) is 0 Å². The predicted octanol–water partition coefficient (Wildman–Crippen LogP) is 1.84. The average molecular weight is 401 g/mol. The first-order valence-corrected chi connectivity index (χ1v) is 9.07. The Morgan fingerprint density at radius 3 is 2.24 bits per heavy atom. The van der Waals surface area contributed by atoms with E-state index >= 15 is 0 Å². The molecule has 0 unspecified atom stereocenters. The van der Waals surface area contributed by atoms with E-state index in [0.29, 0.717) is 18.5 Å². The Kier molecular flexibility index (Phi) is 8.11. The maximum Gasteiger partial charge on any atom is 0.326 e. The molecule has 9 heteroatoms. The maximum absolute atomic E-state index is 12.6. The number of urea groups is 1. The number of aliphatic hydroxyl groups is 1. The van der Waals surface area contributed by atoms with Gasteiger partial charge in [0.15, 0.2) is 0 Å². The number of benzene rings is 2. The fourth-order valence-electron chi connectivity index (χ4n) is 2.77. The number of carboxylic acid groups (broad SMARTS) is 1. The van der Waals surface area contributed by atoms with Crippen molar-refractivity contribution in [2.24, 2.45) is 0 Å². The molecule has 0 radical (unpaired) electrons. The number of aliphatic hydroxyl groups excluding tert-OH is 1. The van der Waals surface area contributed by atoms with E-state index in [4.69, 9.17) is 0 Å². The quantitative estimate of drug-likeness (QED) is 0.411. The van der Waals surface area contributed by atoms with Crippen molar-refractivity contribution in [3.05, 3.63) is 75.8 Å². The van der Waals surface area contributed by atoms with Crippen molar-refractivity contribution in [2.45, 2.75) is 18.9 Å². The van der Waals surface area contributed by atoms with Gasteiger partial charge < -0.3 is 20.4 Å². The van der Waals surface area contributed by atoms with E-state index < -0.39 is 23.0 Å². The van der Waals surface area contributed by atoms with Gasteiger partial charge >= 0.3 is 12.0 Å². The molecule has 0 heterocycles. The molecule has 29 heavy (non-hydrogen) atoms. The lowest BCUT2D eigenvalue weighted by atomic mass is 10.1. The fraction of sp³-hybridized carbons (Fsp3) is 0.300. The highest BCUT2D eigenvalue weighted by Gasteiger charge is 2.23. The average Bonchev–Trinajstić information content (AvgIpc) is 2.71. The zero-order chi connectivity index (χ0) is 21.2. The molecule has 0 saturated carbocycles. The molecule has 154 valence electrons. The minimum Gasteiger partial charge on any atom is -0.480 e. The van der Waals surface area contributed by atoms with Gasteiger partial charge in [-0.1, -0.05) is 42.5 Å². The fourth-order valence-corrected chi connectivity index (χ4v) is 2.77. The summed E-state index contributed by atoms with van der Waals surface area (Å²) in [7, 11) is 0. The van der Waals surface area contributed by atoms with Gasteiger partial charge in [0.2, 0.25) is 0 Å². The predicted molar refractivity (Wildman–Crippen MR) is 106 cm³/mol. The monoisotopic (exact) mass is 401 g/mol. The van der Waals surface area contributed by atoms with E-state index in [1.807, 2.05) is 30.3 Å². The van der Waals surface area contributed by atoms with Gasteiger partial charge in [-0.2, -0.15) is 0 Å². The Morgan fingerprint density at radius 1 is 1.03 bits per heavy atom. The van der Waals surface area contributed by atoms with Crippen LogP contribution in [0.15, 0.2) is 54.6 Å². The second-order valence-electron chi connectivity index (χ2n) is 6.41. The zero-order valence-corrected chi connectivity index (χ0v) is 15.7. The molecular formula is C20H23N3O6. The molecule has 9 nitrogen and oxygen atoms in total. The van der Waals surface area contributed by atoms with Gasteiger partial charge in [0, 0.05) is 31.6 Å². The first kappa shape index (κ1) is 21.8. The van der Waals surface area contributed by atoms with E-state index in [9.17, 15) is 29.9 Å². The lowest BCUT2D eigenvalue weighted by Gasteiger charge is -2.24. The summed E-state index contributed by atoms with van der Waals surface area (Å²) in [5.41, 5.74) is 1.46. The van der Waals surface area contributed by atoms with Crippen molar-refractivity contribution in [2.75, 3.05) is 19.7 Å². The van der Waals surface area contributed by atoms with Crippen LogP contribution in [0.25, 0.3) is 0 Å². The molecule has 2 aromatic carbocycles. The minimum absolute atomic E-state index is 0.0231. The molecule has 0 spiro atoms. The van der Waals surface area contributed by atoms with Gasteiger partial charge in [-0.3, -0.25) is 10.1 Å². The van der Waals surface area contributed by atoms with Crippen molar-refractivity contribution in [1.82, 2.24) is 10.2 Å². The first-order valence-electron chi connectivity index (χ1n) is 9.07. The topological polar surface area (TPSA) is 133 Å². The van der Waals surface area contributed by atoms with Crippen LogP contribution in [-0.4, -0.2) is 57.8 Å². The van der Waals surface area contributed by atoms with Gasteiger partial charge in [0.05, 0.1) is 11.5 Å². The molecule has 2 rings (SSSR count). The number of carboxylic acids is 1. The summed E-state index contributed by atoms with van der Waals surface area (Å²) < 4.78 is 0. The minimum atomic E-state index is -1.22. The third-order valence-electron chi connectivity index (χ3n) is 4.35. The number of nitrogens with zero attached hydrogens (tertiary/aromatic N) is 2. The number of non-ortho nitro benzene ring substituents is 1. The van der Waals surface area contributed by atoms with Crippen molar-refractivity contribution < 1.29 is 24.7 Å². The number of nitro groups is 1. The zero-order valence-electron chi connectivity index (χ0n) is 15.7. The van der Waals surface area contributed by atoms with Crippen LogP contribution in [0.4, 0.5) is 10.5 Å². The molecular weight excluding hydrogens is 378 g/mol. The SMILES string of the molecule is O=C(O)[C@H](Cc1ccc([N+](=O)[O-])cc1)NC(=O)N(CCO)CCc1ccccc1. The Morgan fingerprint density at radius 2 is 1.69 bits per heavy atom. The highest BCUT2D eigenvalue weighted by atomic mass is 16.6. The Balaban J connectivity index is 2.01. The second-order valence-corrected chi connectivity index (χ2v) is 6.41. The van der Waals surface area contributed by atoms with Crippen LogP contribution in [0, 0.1) is 10.1 Å². The molecule has 0 saturated heterocycles. The Labute approximate surface area is 167 Å². The van der Waals surface area contributed by atoms with Crippen LogP contribution in [0.2, 0.25) is 0 Å². The Hall–Kier alpha value is -3.46. The number of amides is 2. The Bertz CT molecular complexity index is 826. The summed E-state index contributed by atoms with van der Waals surface area (Å²) >= 11 is 0. The molecule has 0 bridgehead atoms. The molecule has 0 aliphatic heterocycles. The third kappa shape index (κ3) is 6.89. The highest BCUT2D eigenvalue weighted by molar-refractivity contribution is 5.82. The second kappa shape index (κ2) is 10.8. The van der Waals surface area contributed by atoms with E-state index in [2.05, 4.69) is 5.32 Å². The molecule has 0 aliphatic carbocycles.